The molecule has 0 aromatic carbocycles. The Morgan fingerprint density at radius 3 is 2.57 bits per heavy atom. The maximum absolute atomic E-state index is 11.4. The van der Waals surface area contributed by atoms with Crippen molar-refractivity contribution >= 4 is 25.7 Å². The Morgan fingerprint density at radius 2 is 2.21 bits per heavy atom. The van der Waals surface area contributed by atoms with Crippen LogP contribution in [0.15, 0.2) is 0 Å². The van der Waals surface area contributed by atoms with Crippen LogP contribution in [0.1, 0.15) is 19.3 Å². The van der Waals surface area contributed by atoms with Gasteiger partial charge in [0.05, 0.1) is 17.8 Å². The van der Waals surface area contributed by atoms with Gasteiger partial charge in [-0.25, -0.2) is 8.42 Å². The van der Waals surface area contributed by atoms with Gasteiger partial charge in [0, 0.05) is 10.7 Å². The third-order valence-corrected chi connectivity index (χ3v) is 5.39. The molecule has 4 nitrogen and oxygen atoms in total. The number of hydrogen-bond donors (Lipinski definition) is 0. The minimum atomic E-state index is -3.53. The van der Waals surface area contributed by atoms with Gasteiger partial charge in [-0.15, -0.1) is 0 Å². The van der Waals surface area contributed by atoms with E-state index >= 15 is 0 Å². The summed E-state index contributed by atoms with van der Waals surface area (Å²) < 4.78 is 26.9. The summed E-state index contributed by atoms with van der Waals surface area (Å²) in [5.41, 5.74) is -0.526. The van der Waals surface area contributed by atoms with Gasteiger partial charge in [-0.3, -0.25) is 4.79 Å². The van der Waals surface area contributed by atoms with Gasteiger partial charge >= 0.3 is 5.97 Å². The second kappa shape index (κ2) is 2.85. The first-order valence-corrected chi connectivity index (χ1v) is 6.81. The summed E-state index contributed by atoms with van der Waals surface area (Å²) in [5, 5.41) is -0.553. The van der Waals surface area contributed by atoms with E-state index in [1.807, 2.05) is 0 Å². The first kappa shape index (κ1) is 10.2. The number of methoxy groups -OCH3 is 1. The molecular formula is C8H11ClO4S. The lowest BCUT2D eigenvalue weighted by molar-refractivity contribution is -0.147. The van der Waals surface area contributed by atoms with E-state index in [1.54, 1.807) is 0 Å². The molecule has 2 fully saturated rings. The van der Waals surface area contributed by atoms with Crippen LogP contribution >= 0.6 is 10.7 Å². The van der Waals surface area contributed by atoms with Gasteiger partial charge in [0.15, 0.2) is 0 Å². The number of ether oxygens (including phenoxy) is 1. The van der Waals surface area contributed by atoms with Crippen LogP contribution in [0.2, 0.25) is 0 Å². The summed E-state index contributed by atoms with van der Waals surface area (Å²) in [4.78, 5) is 11.4. The Balaban J connectivity index is 2.19. The summed E-state index contributed by atoms with van der Waals surface area (Å²) in [7, 11) is 3.09. The Labute approximate surface area is 87.0 Å². The van der Waals surface area contributed by atoms with Gasteiger partial charge in [0.2, 0.25) is 9.05 Å². The Kier molecular flexibility index (Phi) is 2.09. The second-order valence-corrected chi connectivity index (χ2v) is 6.86. The van der Waals surface area contributed by atoms with Crippen molar-refractivity contribution in [3.63, 3.8) is 0 Å². The number of carbonyl (C=O) groups excluding carboxylic acids is 1. The van der Waals surface area contributed by atoms with Crippen molar-refractivity contribution < 1.29 is 17.9 Å². The summed E-state index contributed by atoms with van der Waals surface area (Å²) in [6.07, 6.45) is 1.67. The van der Waals surface area contributed by atoms with Crippen LogP contribution in [-0.2, 0) is 18.6 Å². The highest BCUT2D eigenvalue weighted by Gasteiger charge is 2.69. The molecule has 2 aliphatic carbocycles. The normalized spacial score (nSPS) is 40.4. The zero-order valence-electron chi connectivity index (χ0n) is 7.70. The monoisotopic (exact) mass is 238 g/mol. The zero-order valence-corrected chi connectivity index (χ0v) is 9.27. The Morgan fingerprint density at radius 1 is 1.57 bits per heavy atom. The molecule has 2 saturated carbocycles. The summed E-state index contributed by atoms with van der Waals surface area (Å²) in [6.45, 7) is 0. The first-order valence-electron chi connectivity index (χ1n) is 4.44. The molecule has 14 heavy (non-hydrogen) atoms. The van der Waals surface area contributed by atoms with Crippen molar-refractivity contribution in [2.45, 2.75) is 24.5 Å². The van der Waals surface area contributed by atoms with Gasteiger partial charge in [-0.2, -0.15) is 0 Å². The summed E-state index contributed by atoms with van der Waals surface area (Å²) >= 11 is 0. The van der Waals surface area contributed by atoms with Crippen LogP contribution in [0.5, 0.6) is 0 Å². The van der Waals surface area contributed by atoms with E-state index in [2.05, 4.69) is 4.74 Å². The van der Waals surface area contributed by atoms with E-state index in [4.69, 9.17) is 10.7 Å². The van der Waals surface area contributed by atoms with Gasteiger partial charge < -0.3 is 4.74 Å². The van der Waals surface area contributed by atoms with E-state index in [-0.39, 0.29) is 11.9 Å². The minimum absolute atomic E-state index is 0.113. The van der Waals surface area contributed by atoms with Crippen LogP contribution in [0.3, 0.4) is 0 Å². The lowest BCUT2D eigenvalue weighted by atomic mass is 10.1. The van der Waals surface area contributed by atoms with Crippen molar-refractivity contribution in [2.24, 2.45) is 11.3 Å². The Bertz CT molecular complexity index is 377. The zero-order chi connectivity index (χ0) is 10.6. The summed E-state index contributed by atoms with van der Waals surface area (Å²) in [5.74, 6) is -0.400. The van der Waals surface area contributed by atoms with Crippen molar-refractivity contribution in [1.82, 2.24) is 0 Å². The lowest BCUT2D eigenvalue weighted by Crippen LogP contribution is -2.18. The van der Waals surface area contributed by atoms with E-state index in [1.165, 1.54) is 7.11 Å². The highest BCUT2D eigenvalue weighted by Crippen LogP contribution is 2.65. The molecule has 0 aliphatic heterocycles. The number of carbonyl (C=O) groups is 1. The molecule has 3 unspecified atom stereocenters. The van der Waals surface area contributed by atoms with Crippen LogP contribution in [0.4, 0.5) is 0 Å². The first-order chi connectivity index (χ1) is 6.42. The molecule has 0 N–H and O–H groups in total. The number of halogens is 1. The third-order valence-electron chi connectivity index (χ3n) is 3.41. The molecule has 0 aromatic heterocycles. The fraction of sp³-hybridized carbons (Fsp3) is 0.875. The van der Waals surface area contributed by atoms with Gasteiger partial charge in [-0.1, -0.05) is 0 Å². The minimum Gasteiger partial charge on any atom is -0.469 e. The van der Waals surface area contributed by atoms with Crippen molar-refractivity contribution in [1.29, 1.82) is 0 Å². The van der Waals surface area contributed by atoms with Gasteiger partial charge in [0.1, 0.15) is 0 Å². The molecule has 0 amide bonds. The average Bonchev–Trinajstić information content (AvgIpc) is 2.69. The number of rotatable bonds is 2. The smallest absolute Gasteiger partial charge is 0.312 e. The van der Waals surface area contributed by atoms with E-state index in [0.29, 0.717) is 19.3 Å². The van der Waals surface area contributed by atoms with E-state index in [0.717, 1.165) is 0 Å². The molecule has 3 atom stereocenters. The summed E-state index contributed by atoms with van der Waals surface area (Å²) in [6, 6.07) is 0. The topological polar surface area (TPSA) is 60.4 Å². The molecule has 2 rings (SSSR count). The molecule has 0 aromatic rings. The molecule has 0 bridgehead atoms. The molecule has 2 aliphatic rings. The number of esters is 1. The predicted molar refractivity (Wildman–Crippen MR) is 50.4 cm³/mol. The molecule has 0 saturated heterocycles. The van der Waals surface area contributed by atoms with Crippen LogP contribution < -0.4 is 0 Å². The Hall–Kier alpha value is -0.290. The fourth-order valence-corrected chi connectivity index (χ4v) is 4.37. The maximum Gasteiger partial charge on any atom is 0.312 e. The second-order valence-electron chi connectivity index (χ2n) is 4.01. The molecule has 80 valence electrons. The molecule has 6 heteroatoms. The highest BCUT2D eigenvalue weighted by atomic mass is 35.7. The predicted octanol–water partition coefficient (Wildman–Crippen LogP) is 0.897. The average molecular weight is 239 g/mol. The quantitative estimate of drug-likeness (QED) is 0.530. The number of hydrogen-bond acceptors (Lipinski definition) is 4. The standard InChI is InChI=1S/C8H11ClO4S/c1-13-7(10)8-3-2-6(5(8)4-8)14(9,11)12/h5-6H,2-4H2,1H3. The molecular weight excluding hydrogens is 228 g/mol. The molecule has 0 radical (unpaired) electrons. The van der Waals surface area contributed by atoms with Crippen LogP contribution in [-0.4, -0.2) is 26.7 Å². The van der Waals surface area contributed by atoms with Crippen molar-refractivity contribution in [3.05, 3.63) is 0 Å². The van der Waals surface area contributed by atoms with Crippen molar-refractivity contribution in [2.75, 3.05) is 7.11 Å². The van der Waals surface area contributed by atoms with Crippen LogP contribution in [0, 0.1) is 11.3 Å². The molecule has 0 spiro atoms. The third kappa shape index (κ3) is 1.26. The largest absolute Gasteiger partial charge is 0.469 e. The highest BCUT2D eigenvalue weighted by molar-refractivity contribution is 8.14. The van der Waals surface area contributed by atoms with Crippen LogP contribution in [0.25, 0.3) is 0 Å². The van der Waals surface area contributed by atoms with E-state index < -0.39 is 19.7 Å². The van der Waals surface area contributed by atoms with Gasteiger partial charge in [-0.05, 0) is 25.2 Å². The lowest BCUT2D eigenvalue weighted by Gasteiger charge is -2.06. The van der Waals surface area contributed by atoms with Gasteiger partial charge in [0.25, 0.3) is 0 Å². The maximum atomic E-state index is 11.4. The molecule has 0 heterocycles. The fourth-order valence-electron chi connectivity index (χ4n) is 2.59. The van der Waals surface area contributed by atoms with Crippen molar-refractivity contribution in [3.8, 4) is 0 Å². The number of fused-ring (bicyclic) bond motifs is 1. The van der Waals surface area contributed by atoms with E-state index in [9.17, 15) is 13.2 Å². The SMILES string of the molecule is COC(=O)C12CCC(S(=O)(=O)Cl)C1C2.